The molecule has 0 amide bonds. The molecule has 1 aromatic rings. The molecule has 164 valence electrons. The molecule has 1 aromatic heterocycles. The molecule has 9 atom stereocenters. The van der Waals surface area contributed by atoms with Gasteiger partial charge in [0.2, 0.25) is 0 Å². The summed E-state index contributed by atoms with van der Waals surface area (Å²) in [4.78, 5) is 0. The lowest BCUT2D eigenvalue weighted by molar-refractivity contribution is -0.103. The molecule has 0 spiro atoms. The average molecular weight is 410 g/mol. The molecule has 0 radical (unpaired) electrons. The van der Waals surface area contributed by atoms with Crippen LogP contribution in [0.25, 0.3) is 0 Å². The van der Waals surface area contributed by atoms with Gasteiger partial charge in [0.1, 0.15) is 6.07 Å². The van der Waals surface area contributed by atoms with E-state index in [1.165, 1.54) is 44.9 Å². The minimum Gasteiger partial charge on any atom is -0.390 e. The fourth-order valence-electron chi connectivity index (χ4n) is 9.00. The molecular weight excluding hydrogens is 370 g/mol. The first kappa shape index (κ1) is 20.6. The number of hydrogen-bond donors (Lipinski definition) is 1. The number of rotatable bonds is 3. The molecule has 0 aliphatic heterocycles. The van der Waals surface area contributed by atoms with Crippen LogP contribution >= 0.6 is 0 Å². The molecule has 1 N–H and O–H groups in total. The Kier molecular flexibility index (Phi) is 5.05. The second-order valence-electron chi connectivity index (χ2n) is 11.9. The molecule has 0 bridgehead atoms. The maximum atomic E-state index is 10.6. The van der Waals surface area contributed by atoms with Gasteiger partial charge in [-0.3, -0.25) is 4.68 Å². The molecule has 4 heteroatoms. The van der Waals surface area contributed by atoms with Crippen LogP contribution in [0.15, 0.2) is 12.4 Å². The molecule has 1 heterocycles. The van der Waals surface area contributed by atoms with Crippen LogP contribution in [0.4, 0.5) is 0 Å². The number of fused-ring (bicyclic) bond motifs is 5. The summed E-state index contributed by atoms with van der Waals surface area (Å²) in [6.45, 7) is 8.03. The van der Waals surface area contributed by atoms with Gasteiger partial charge in [-0.2, -0.15) is 10.4 Å². The molecule has 4 aliphatic rings. The van der Waals surface area contributed by atoms with Gasteiger partial charge < -0.3 is 5.11 Å². The Morgan fingerprint density at radius 3 is 2.70 bits per heavy atom. The summed E-state index contributed by atoms with van der Waals surface area (Å²) in [5.74, 6) is 5.73. The van der Waals surface area contributed by atoms with E-state index in [4.69, 9.17) is 5.26 Å². The maximum Gasteiger partial charge on any atom is 0.102 e. The lowest BCUT2D eigenvalue weighted by Gasteiger charge is -2.57. The van der Waals surface area contributed by atoms with Crippen molar-refractivity contribution in [3.63, 3.8) is 0 Å². The van der Waals surface area contributed by atoms with E-state index in [0.29, 0.717) is 16.9 Å². The Balaban J connectivity index is 1.30. The van der Waals surface area contributed by atoms with Crippen molar-refractivity contribution in [1.82, 2.24) is 9.78 Å². The van der Waals surface area contributed by atoms with E-state index in [2.05, 4.69) is 31.9 Å². The normalized spacial score (nSPS) is 46.4. The summed E-state index contributed by atoms with van der Waals surface area (Å²) in [6, 6.07) is 2.20. The third-order valence-electron chi connectivity index (χ3n) is 10.2. The fraction of sp³-hybridized carbons (Fsp3) is 0.846. The predicted octanol–water partition coefficient (Wildman–Crippen LogP) is 5.41. The number of nitriles is 1. The highest BCUT2D eigenvalue weighted by molar-refractivity contribution is 5.21. The van der Waals surface area contributed by atoms with Gasteiger partial charge in [0.25, 0.3) is 0 Å². The lowest BCUT2D eigenvalue weighted by Crippen LogP contribution is -2.51. The standard InChI is InChI=1S/C26H39N3O/c1-17(15-29-16-18(13-27)14-28-29)23-6-7-24-22-5-4-19-12-25(2,30)10-8-20(19)21(22)9-11-26(23,24)3/h14,16-17,19-24,30H,4-12,15H2,1-3H3/t17?,19-,20+,21-,22-,23-,24+,25-,26-/m1/s1. The number of nitrogens with zero attached hydrogens (tertiary/aromatic N) is 3. The van der Waals surface area contributed by atoms with Gasteiger partial charge in [-0.25, -0.2) is 0 Å². The summed E-state index contributed by atoms with van der Waals surface area (Å²) in [6.07, 6.45) is 15.2. The lowest BCUT2D eigenvalue weighted by atomic mass is 9.48. The third-order valence-corrected chi connectivity index (χ3v) is 10.2. The molecule has 4 saturated carbocycles. The number of aromatic nitrogens is 2. The zero-order chi connectivity index (χ0) is 21.1. The van der Waals surface area contributed by atoms with Crippen LogP contribution in [0.2, 0.25) is 0 Å². The van der Waals surface area contributed by atoms with E-state index in [1.807, 2.05) is 10.9 Å². The molecule has 4 nitrogen and oxygen atoms in total. The first-order valence-corrected chi connectivity index (χ1v) is 12.5. The smallest absolute Gasteiger partial charge is 0.102 e. The molecule has 5 rings (SSSR count). The molecular formula is C26H39N3O. The minimum absolute atomic E-state index is 0.414. The molecule has 0 aromatic carbocycles. The molecule has 30 heavy (non-hydrogen) atoms. The number of hydrogen-bond acceptors (Lipinski definition) is 3. The van der Waals surface area contributed by atoms with E-state index in [9.17, 15) is 5.11 Å². The third kappa shape index (κ3) is 3.32. The van der Waals surface area contributed by atoms with E-state index in [-0.39, 0.29) is 0 Å². The van der Waals surface area contributed by atoms with Gasteiger partial charge in [-0.1, -0.05) is 13.8 Å². The maximum absolute atomic E-state index is 10.6. The highest BCUT2D eigenvalue weighted by Crippen LogP contribution is 2.65. The van der Waals surface area contributed by atoms with Crippen molar-refractivity contribution in [2.24, 2.45) is 46.8 Å². The zero-order valence-corrected chi connectivity index (χ0v) is 19.1. The quantitative estimate of drug-likeness (QED) is 0.726. The van der Waals surface area contributed by atoms with Crippen LogP contribution < -0.4 is 0 Å². The largest absolute Gasteiger partial charge is 0.390 e. The molecule has 1 unspecified atom stereocenters. The van der Waals surface area contributed by atoms with Gasteiger partial charge >= 0.3 is 0 Å². The van der Waals surface area contributed by atoms with Gasteiger partial charge in [0, 0.05) is 12.7 Å². The van der Waals surface area contributed by atoms with Crippen LogP contribution in [-0.2, 0) is 6.54 Å². The summed E-state index contributed by atoms with van der Waals surface area (Å²) < 4.78 is 1.99. The number of aliphatic hydroxyl groups is 1. The summed E-state index contributed by atoms with van der Waals surface area (Å²) in [5, 5.41) is 24.1. The topological polar surface area (TPSA) is 61.8 Å². The Bertz CT molecular complexity index is 822. The highest BCUT2D eigenvalue weighted by atomic mass is 16.3. The Morgan fingerprint density at radius 1 is 1.13 bits per heavy atom. The Hall–Kier alpha value is -1.34. The van der Waals surface area contributed by atoms with E-state index in [1.54, 1.807) is 6.20 Å². The monoisotopic (exact) mass is 409 g/mol. The molecule has 4 aliphatic carbocycles. The van der Waals surface area contributed by atoms with E-state index < -0.39 is 5.60 Å². The van der Waals surface area contributed by atoms with Crippen molar-refractivity contribution < 1.29 is 5.11 Å². The van der Waals surface area contributed by atoms with Crippen LogP contribution in [0, 0.1) is 58.2 Å². The molecule has 4 fully saturated rings. The summed E-state index contributed by atoms with van der Waals surface area (Å²) in [5.41, 5.74) is 0.725. The van der Waals surface area contributed by atoms with Crippen LogP contribution in [-0.4, -0.2) is 20.5 Å². The second kappa shape index (κ2) is 7.37. The van der Waals surface area contributed by atoms with Crippen molar-refractivity contribution in [2.75, 3.05) is 0 Å². The second-order valence-corrected chi connectivity index (χ2v) is 11.9. The first-order chi connectivity index (χ1) is 14.3. The van der Waals surface area contributed by atoms with Crippen LogP contribution in [0.3, 0.4) is 0 Å². The highest BCUT2D eigenvalue weighted by Gasteiger charge is 2.58. The summed E-state index contributed by atoms with van der Waals surface area (Å²) >= 11 is 0. The fourth-order valence-corrected chi connectivity index (χ4v) is 9.00. The van der Waals surface area contributed by atoms with Crippen molar-refractivity contribution in [1.29, 1.82) is 5.26 Å². The predicted molar refractivity (Wildman–Crippen MR) is 117 cm³/mol. The average Bonchev–Trinajstić information content (AvgIpc) is 3.30. The van der Waals surface area contributed by atoms with Crippen molar-refractivity contribution in [3.8, 4) is 6.07 Å². The van der Waals surface area contributed by atoms with E-state index in [0.717, 1.165) is 54.9 Å². The molecule has 0 saturated heterocycles. The zero-order valence-electron chi connectivity index (χ0n) is 19.1. The Labute approximate surface area is 182 Å². The summed E-state index contributed by atoms with van der Waals surface area (Å²) in [7, 11) is 0. The van der Waals surface area contributed by atoms with Crippen LogP contribution in [0.1, 0.15) is 84.1 Å². The van der Waals surface area contributed by atoms with Crippen LogP contribution in [0.5, 0.6) is 0 Å². The van der Waals surface area contributed by atoms with Gasteiger partial charge in [0.15, 0.2) is 0 Å². The van der Waals surface area contributed by atoms with Gasteiger partial charge in [-0.05, 0) is 112 Å². The van der Waals surface area contributed by atoms with Crippen molar-refractivity contribution in [3.05, 3.63) is 18.0 Å². The SMILES string of the molecule is CC(Cn1cc(C#N)cn1)[C@H]1CC[C@H]2[C@@H]3CC[C@@H]4C[C@](C)(O)CC[C@@H]4[C@H]3CC[C@]12C. The first-order valence-electron chi connectivity index (χ1n) is 12.5. The minimum atomic E-state index is -0.414. The Morgan fingerprint density at radius 2 is 1.93 bits per heavy atom. The van der Waals surface area contributed by atoms with Crippen molar-refractivity contribution in [2.45, 2.75) is 90.7 Å². The van der Waals surface area contributed by atoms with Gasteiger partial charge in [0.05, 0.1) is 17.4 Å². The van der Waals surface area contributed by atoms with E-state index >= 15 is 0 Å². The van der Waals surface area contributed by atoms with Gasteiger partial charge in [-0.15, -0.1) is 0 Å². The van der Waals surface area contributed by atoms with Crippen molar-refractivity contribution >= 4 is 0 Å².